The molecule has 21 heavy (non-hydrogen) atoms. The van der Waals surface area contributed by atoms with Crippen molar-refractivity contribution >= 4 is 11.6 Å². The van der Waals surface area contributed by atoms with Crippen LogP contribution in [-0.2, 0) is 4.79 Å². The number of anilines is 1. The Morgan fingerprint density at radius 3 is 2.76 bits per heavy atom. The van der Waals surface area contributed by atoms with Gasteiger partial charge in [0.15, 0.2) is 0 Å². The van der Waals surface area contributed by atoms with E-state index in [0.717, 1.165) is 0 Å². The molecule has 1 aromatic rings. The standard InChI is InChI=1S/C15H21N3O3/c1-10(2)17-8-14(20)9-21-15-5-4-13(18-11(3)19)6-12(15)7-16/h4-6,10,14,17,20H,8-9H2,1-3H3,(H,18,19). The lowest BCUT2D eigenvalue weighted by Crippen LogP contribution is -2.35. The fourth-order valence-electron chi connectivity index (χ4n) is 1.64. The van der Waals surface area contributed by atoms with Crippen molar-refractivity contribution in [3.63, 3.8) is 0 Å². The van der Waals surface area contributed by atoms with E-state index < -0.39 is 6.10 Å². The van der Waals surface area contributed by atoms with E-state index >= 15 is 0 Å². The third-order valence-electron chi connectivity index (χ3n) is 2.61. The summed E-state index contributed by atoms with van der Waals surface area (Å²) in [5.74, 6) is 0.179. The average molecular weight is 291 g/mol. The van der Waals surface area contributed by atoms with Gasteiger partial charge in [-0.15, -0.1) is 0 Å². The molecule has 0 fully saturated rings. The Hall–Kier alpha value is -2.10. The molecule has 0 aliphatic rings. The Morgan fingerprint density at radius 1 is 1.48 bits per heavy atom. The predicted octanol–water partition coefficient (Wildman–Crippen LogP) is 1.25. The van der Waals surface area contributed by atoms with Crippen molar-refractivity contribution in [3.8, 4) is 11.8 Å². The van der Waals surface area contributed by atoms with Crippen LogP contribution in [-0.4, -0.2) is 36.3 Å². The lowest BCUT2D eigenvalue weighted by molar-refractivity contribution is -0.114. The molecule has 0 spiro atoms. The molecule has 1 amide bonds. The Balaban J connectivity index is 2.63. The second kappa shape index (κ2) is 8.25. The number of hydrogen-bond acceptors (Lipinski definition) is 5. The molecule has 1 atom stereocenters. The van der Waals surface area contributed by atoms with Gasteiger partial charge in [0.1, 0.15) is 24.5 Å². The third-order valence-corrected chi connectivity index (χ3v) is 2.61. The SMILES string of the molecule is CC(=O)Nc1ccc(OCC(O)CNC(C)C)c(C#N)c1. The molecule has 0 saturated heterocycles. The fraction of sp³-hybridized carbons (Fsp3) is 0.467. The van der Waals surface area contributed by atoms with Gasteiger partial charge in [0, 0.05) is 25.2 Å². The van der Waals surface area contributed by atoms with Crippen molar-refractivity contribution in [1.82, 2.24) is 5.32 Å². The first-order valence-electron chi connectivity index (χ1n) is 6.78. The Bertz CT molecular complexity index is 523. The van der Waals surface area contributed by atoms with Gasteiger partial charge in [0.05, 0.1) is 5.56 Å². The molecule has 0 aliphatic heterocycles. The van der Waals surface area contributed by atoms with E-state index in [0.29, 0.717) is 23.5 Å². The molecular weight excluding hydrogens is 270 g/mol. The number of carbonyl (C=O) groups excluding carboxylic acids is 1. The predicted molar refractivity (Wildman–Crippen MR) is 80.1 cm³/mol. The van der Waals surface area contributed by atoms with Crippen molar-refractivity contribution in [2.45, 2.75) is 32.9 Å². The van der Waals surface area contributed by atoms with Crippen LogP contribution in [0.15, 0.2) is 18.2 Å². The normalized spacial score (nSPS) is 11.8. The highest BCUT2D eigenvalue weighted by Gasteiger charge is 2.10. The summed E-state index contributed by atoms with van der Waals surface area (Å²) in [5, 5.41) is 24.6. The molecule has 0 bridgehead atoms. The van der Waals surface area contributed by atoms with E-state index in [1.165, 1.54) is 13.0 Å². The van der Waals surface area contributed by atoms with Crippen LogP contribution >= 0.6 is 0 Å². The summed E-state index contributed by atoms with van der Waals surface area (Å²) in [6, 6.07) is 7.08. The Labute approximate surface area is 124 Å². The number of amides is 1. The second-order valence-corrected chi connectivity index (χ2v) is 5.03. The van der Waals surface area contributed by atoms with Gasteiger partial charge in [-0.2, -0.15) is 5.26 Å². The minimum absolute atomic E-state index is 0.0912. The van der Waals surface area contributed by atoms with E-state index in [2.05, 4.69) is 10.6 Å². The molecule has 0 heterocycles. The van der Waals surface area contributed by atoms with E-state index in [4.69, 9.17) is 10.00 Å². The number of carbonyl (C=O) groups is 1. The highest BCUT2D eigenvalue weighted by atomic mass is 16.5. The van der Waals surface area contributed by atoms with E-state index in [9.17, 15) is 9.90 Å². The van der Waals surface area contributed by atoms with Crippen LogP contribution in [0.4, 0.5) is 5.69 Å². The van der Waals surface area contributed by atoms with Crippen molar-refractivity contribution in [2.75, 3.05) is 18.5 Å². The lowest BCUT2D eigenvalue weighted by atomic mass is 10.2. The van der Waals surface area contributed by atoms with Crippen molar-refractivity contribution < 1.29 is 14.6 Å². The highest BCUT2D eigenvalue weighted by molar-refractivity contribution is 5.89. The maximum Gasteiger partial charge on any atom is 0.221 e. The van der Waals surface area contributed by atoms with E-state index in [-0.39, 0.29) is 18.6 Å². The number of nitrogens with one attached hydrogen (secondary N) is 2. The van der Waals surface area contributed by atoms with Gasteiger partial charge in [-0.05, 0) is 18.2 Å². The molecule has 6 nitrogen and oxygen atoms in total. The number of rotatable bonds is 7. The van der Waals surface area contributed by atoms with Gasteiger partial charge in [0.25, 0.3) is 0 Å². The monoisotopic (exact) mass is 291 g/mol. The zero-order chi connectivity index (χ0) is 15.8. The topological polar surface area (TPSA) is 94.4 Å². The molecule has 114 valence electrons. The number of nitrogens with zero attached hydrogens (tertiary/aromatic N) is 1. The van der Waals surface area contributed by atoms with Crippen LogP contribution < -0.4 is 15.4 Å². The van der Waals surface area contributed by atoms with Gasteiger partial charge in [-0.1, -0.05) is 13.8 Å². The molecule has 6 heteroatoms. The smallest absolute Gasteiger partial charge is 0.221 e. The molecule has 1 rings (SSSR count). The Kier molecular flexibility index (Phi) is 6.66. The van der Waals surface area contributed by atoms with Crippen LogP contribution in [0, 0.1) is 11.3 Å². The highest BCUT2D eigenvalue weighted by Crippen LogP contribution is 2.22. The minimum atomic E-state index is -0.658. The number of hydrogen-bond donors (Lipinski definition) is 3. The van der Waals surface area contributed by atoms with Crippen molar-refractivity contribution in [3.05, 3.63) is 23.8 Å². The van der Waals surface area contributed by atoms with Crippen LogP contribution in [0.3, 0.4) is 0 Å². The quantitative estimate of drug-likeness (QED) is 0.703. The molecule has 0 aliphatic carbocycles. The summed E-state index contributed by atoms with van der Waals surface area (Å²) >= 11 is 0. The van der Waals surface area contributed by atoms with Gasteiger partial charge in [-0.25, -0.2) is 0 Å². The first kappa shape index (κ1) is 17.0. The van der Waals surface area contributed by atoms with Crippen molar-refractivity contribution in [1.29, 1.82) is 5.26 Å². The minimum Gasteiger partial charge on any atom is -0.489 e. The molecule has 0 radical (unpaired) electrons. The summed E-state index contributed by atoms with van der Waals surface area (Å²) in [6.45, 7) is 5.89. The number of nitriles is 1. The summed E-state index contributed by atoms with van der Waals surface area (Å²) in [5.41, 5.74) is 0.846. The van der Waals surface area contributed by atoms with Gasteiger partial charge in [0.2, 0.25) is 5.91 Å². The van der Waals surface area contributed by atoms with E-state index in [1.54, 1.807) is 12.1 Å². The molecule has 1 unspecified atom stereocenters. The van der Waals surface area contributed by atoms with E-state index in [1.807, 2.05) is 19.9 Å². The van der Waals surface area contributed by atoms with Gasteiger partial charge in [-0.3, -0.25) is 4.79 Å². The third kappa shape index (κ3) is 6.25. The summed E-state index contributed by atoms with van der Waals surface area (Å²) < 4.78 is 5.46. The second-order valence-electron chi connectivity index (χ2n) is 5.03. The van der Waals surface area contributed by atoms with Crippen LogP contribution in [0.1, 0.15) is 26.3 Å². The molecular formula is C15H21N3O3. The van der Waals surface area contributed by atoms with Crippen LogP contribution in [0.25, 0.3) is 0 Å². The maximum atomic E-state index is 11.0. The first-order chi connectivity index (χ1) is 9.92. The number of aliphatic hydroxyl groups is 1. The van der Waals surface area contributed by atoms with Gasteiger partial charge >= 0.3 is 0 Å². The molecule has 0 aromatic heterocycles. The summed E-state index contributed by atoms with van der Waals surface area (Å²) in [7, 11) is 0. The van der Waals surface area contributed by atoms with Crippen molar-refractivity contribution in [2.24, 2.45) is 0 Å². The number of benzene rings is 1. The average Bonchev–Trinajstić information content (AvgIpc) is 2.42. The maximum absolute atomic E-state index is 11.0. The fourth-order valence-corrected chi connectivity index (χ4v) is 1.64. The van der Waals surface area contributed by atoms with Crippen LogP contribution in [0.5, 0.6) is 5.75 Å². The van der Waals surface area contributed by atoms with Crippen LogP contribution in [0.2, 0.25) is 0 Å². The number of aliphatic hydroxyl groups excluding tert-OH is 1. The molecule has 1 aromatic carbocycles. The lowest BCUT2D eigenvalue weighted by Gasteiger charge is -2.16. The molecule has 0 saturated carbocycles. The van der Waals surface area contributed by atoms with Gasteiger partial charge < -0.3 is 20.5 Å². The zero-order valence-corrected chi connectivity index (χ0v) is 12.5. The Morgan fingerprint density at radius 2 is 2.19 bits per heavy atom. The summed E-state index contributed by atoms with van der Waals surface area (Å²) in [6.07, 6.45) is -0.658. The zero-order valence-electron chi connectivity index (χ0n) is 12.5. The first-order valence-corrected chi connectivity index (χ1v) is 6.78. The number of ether oxygens (including phenoxy) is 1. The molecule has 3 N–H and O–H groups in total. The summed E-state index contributed by atoms with van der Waals surface area (Å²) in [4.78, 5) is 11.0. The largest absolute Gasteiger partial charge is 0.489 e.